The predicted octanol–water partition coefficient (Wildman–Crippen LogP) is 3.68. The lowest BCUT2D eigenvalue weighted by molar-refractivity contribution is 0.624. The highest BCUT2D eigenvalue weighted by atomic mass is 79.9. The number of aryl methyl sites for hydroxylation is 1. The van der Waals surface area contributed by atoms with E-state index in [9.17, 15) is 4.39 Å². The van der Waals surface area contributed by atoms with Gasteiger partial charge in [0.1, 0.15) is 5.82 Å². The van der Waals surface area contributed by atoms with Crippen LogP contribution < -0.4 is 5.73 Å². The highest BCUT2D eigenvalue weighted by molar-refractivity contribution is 9.10. The van der Waals surface area contributed by atoms with Crippen molar-refractivity contribution >= 4 is 44.1 Å². The third kappa shape index (κ3) is 1.58. The van der Waals surface area contributed by atoms with Gasteiger partial charge in [-0.15, -0.1) is 0 Å². The van der Waals surface area contributed by atoms with Gasteiger partial charge in [0.2, 0.25) is 0 Å². The Kier molecular flexibility index (Phi) is 2.56. The number of hydrogen-bond donors (Lipinski definition) is 1. The first-order valence-electron chi connectivity index (χ1n) is 4.20. The van der Waals surface area contributed by atoms with Crippen molar-refractivity contribution in [2.75, 3.05) is 5.73 Å². The monoisotopic (exact) mass is 288 g/mol. The topological polar surface area (TPSA) is 38.9 Å². The van der Waals surface area contributed by atoms with Gasteiger partial charge in [-0.05, 0) is 34.5 Å². The zero-order valence-electron chi connectivity index (χ0n) is 7.81. The average molecular weight is 290 g/mol. The van der Waals surface area contributed by atoms with Gasteiger partial charge in [0.15, 0.2) is 0 Å². The lowest BCUT2D eigenvalue weighted by Crippen LogP contribution is -1.95. The maximum atomic E-state index is 13.4. The summed E-state index contributed by atoms with van der Waals surface area (Å²) in [5.41, 5.74) is 7.31. The Bertz CT molecular complexity index is 557. The number of nitrogen functional groups attached to an aromatic ring is 1. The van der Waals surface area contributed by atoms with Crippen LogP contribution in [-0.2, 0) is 0 Å². The standard InChI is InChI=1S/C10H7BrClFN2/c1-4-3-15-10-5(8(4)12)2-6(13)7(11)9(10)14/h2-3H,14H2,1H3. The van der Waals surface area contributed by atoms with Gasteiger partial charge in [-0.2, -0.15) is 0 Å². The zero-order valence-corrected chi connectivity index (χ0v) is 10.2. The van der Waals surface area contributed by atoms with Crippen molar-refractivity contribution in [2.45, 2.75) is 6.92 Å². The number of aromatic nitrogens is 1. The van der Waals surface area contributed by atoms with Gasteiger partial charge < -0.3 is 5.73 Å². The number of halogens is 3. The third-order valence-electron chi connectivity index (χ3n) is 2.20. The molecule has 1 aromatic heterocycles. The molecule has 0 atom stereocenters. The number of fused-ring (bicyclic) bond motifs is 1. The molecule has 0 aliphatic rings. The van der Waals surface area contributed by atoms with Gasteiger partial charge in [-0.1, -0.05) is 11.6 Å². The van der Waals surface area contributed by atoms with E-state index in [0.29, 0.717) is 15.9 Å². The van der Waals surface area contributed by atoms with E-state index in [4.69, 9.17) is 17.3 Å². The van der Waals surface area contributed by atoms with E-state index in [-0.39, 0.29) is 10.2 Å². The quantitative estimate of drug-likeness (QED) is 0.751. The van der Waals surface area contributed by atoms with Crippen LogP contribution in [0.15, 0.2) is 16.7 Å². The molecule has 0 saturated heterocycles. The second kappa shape index (κ2) is 3.61. The average Bonchev–Trinajstić information content (AvgIpc) is 2.21. The number of pyridine rings is 1. The van der Waals surface area contributed by atoms with Gasteiger partial charge in [-0.25, -0.2) is 4.39 Å². The number of nitrogens with two attached hydrogens (primary N) is 1. The highest BCUT2D eigenvalue weighted by Gasteiger charge is 2.12. The third-order valence-corrected chi connectivity index (χ3v) is 3.51. The number of benzene rings is 1. The second-order valence-corrected chi connectivity index (χ2v) is 4.41. The minimum Gasteiger partial charge on any atom is -0.396 e. The molecule has 15 heavy (non-hydrogen) atoms. The molecule has 2 N–H and O–H groups in total. The molecule has 0 aliphatic heterocycles. The second-order valence-electron chi connectivity index (χ2n) is 3.24. The summed E-state index contributed by atoms with van der Waals surface area (Å²) in [6, 6.07) is 1.33. The van der Waals surface area contributed by atoms with Crippen molar-refractivity contribution in [3.05, 3.63) is 33.1 Å². The largest absolute Gasteiger partial charge is 0.396 e. The van der Waals surface area contributed by atoms with E-state index < -0.39 is 5.82 Å². The van der Waals surface area contributed by atoms with Gasteiger partial charge in [-0.3, -0.25) is 4.98 Å². The van der Waals surface area contributed by atoms with Gasteiger partial charge >= 0.3 is 0 Å². The first-order chi connectivity index (χ1) is 7.02. The van der Waals surface area contributed by atoms with Gasteiger partial charge in [0.25, 0.3) is 0 Å². The molecule has 1 aromatic carbocycles. The smallest absolute Gasteiger partial charge is 0.140 e. The van der Waals surface area contributed by atoms with Crippen LogP contribution in [0.4, 0.5) is 10.1 Å². The maximum Gasteiger partial charge on any atom is 0.140 e. The lowest BCUT2D eigenvalue weighted by Gasteiger charge is -2.07. The van der Waals surface area contributed by atoms with E-state index in [1.54, 1.807) is 6.20 Å². The fourth-order valence-corrected chi connectivity index (χ4v) is 1.87. The molecule has 2 rings (SSSR count). The summed E-state index contributed by atoms with van der Waals surface area (Å²) in [6.07, 6.45) is 1.62. The molecule has 0 radical (unpaired) electrons. The SMILES string of the molecule is Cc1cnc2c(N)c(Br)c(F)cc2c1Cl. The molecule has 1 heterocycles. The summed E-state index contributed by atoms with van der Waals surface area (Å²) in [4.78, 5) is 4.14. The van der Waals surface area contributed by atoms with Crippen molar-refractivity contribution in [1.29, 1.82) is 0 Å². The first kappa shape index (κ1) is 10.6. The molecule has 78 valence electrons. The first-order valence-corrected chi connectivity index (χ1v) is 5.37. The van der Waals surface area contributed by atoms with Crippen LogP contribution in [0, 0.1) is 12.7 Å². The van der Waals surface area contributed by atoms with Crippen molar-refractivity contribution < 1.29 is 4.39 Å². The molecule has 2 aromatic rings. The van der Waals surface area contributed by atoms with E-state index in [1.807, 2.05) is 6.92 Å². The van der Waals surface area contributed by atoms with Crippen LogP contribution in [-0.4, -0.2) is 4.98 Å². The minimum atomic E-state index is -0.436. The van der Waals surface area contributed by atoms with Gasteiger partial charge in [0.05, 0.1) is 20.7 Å². The number of nitrogens with zero attached hydrogens (tertiary/aromatic N) is 1. The van der Waals surface area contributed by atoms with Crippen LogP contribution >= 0.6 is 27.5 Å². The number of hydrogen-bond acceptors (Lipinski definition) is 2. The van der Waals surface area contributed by atoms with E-state index in [1.165, 1.54) is 6.07 Å². The van der Waals surface area contributed by atoms with Crippen molar-refractivity contribution in [3.63, 3.8) is 0 Å². The van der Waals surface area contributed by atoms with Crippen LogP contribution in [0.5, 0.6) is 0 Å². The highest BCUT2D eigenvalue weighted by Crippen LogP contribution is 2.34. The molecule has 5 heteroatoms. The van der Waals surface area contributed by atoms with E-state index >= 15 is 0 Å². The maximum absolute atomic E-state index is 13.4. The Morgan fingerprint density at radius 1 is 1.53 bits per heavy atom. The molecule has 0 bridgehead atoms. The normalized spacial score (nSPS) is 10.9. The predicted molar refractivity (Wildman–Crippen MR) is 63.6 cm³/mol. The van der Waals surface area contributed by atoms with Crippen LogP contribution in [0.3, 0.4) is 0 Å². The molecule has 0 aliphatic carbocycles. The molecule has 2 nitrogen and oxygen atoms in total. The fourth-order valence-electron chi connectivity index (χ4n) is 1.37. The Balaban J connectivity index is 2.98. The lowest BCUT2D eigenvalue weighted by atomic mass is 10.1. The summed E-state index contributed by atoms with van der Waals surface area (Å²) in [7, 11) is 0. The molecule has 0 amide bonds. The summed E-state index contributed by atoms with van der Waals surface area (Å²) < 4.78 is 13.6. The molecule has 0 fully saturated rings. The number of rotatable bonds is 0. The minimum absolute atomic E-state index is 0.224. The Morgan fingerprint density at radius 2 is 2.20 bits per heavy atom. The summed E-state index contributed by atoms with van der Waals surface area (Å²) in [5.74, 6) is -0.436. The Morgan fingerprint density at radius 3 is 2.87 bits per heavy atom. The van der Waals surface area contributed by atoms with Crippen LogP contribution in [0.25, 0.3) is 10.9 Å². The summed E-state index contributed by atoms with van der Waals surface area (Å²) in [5, 5.41) is 1.02. The molecule has 0 saturated carbocycles. The molecular formula is C10H7BrClFN2. The van der Waals surface area contributed by atoms with E-state index in [0.717, 1.165) is 5.56 Å². The fraction of sp³-hybridized carbons (Fsp3) is 0.100. The van der Waals surface area contributed by atoms with Gasteiger partial charge in [0, 0.05) is 11.6 Å². The molecule has 0 spiro atoms. The van der Waals surface area contributed by atoms with E-state index in [2.05, 4.69) is 20.9 Å². The van der Waals surface area contributed by atoms with Crippen LogP contribution in [0.1, 0.15) is 5.56 Å². The molecule has 0 unspecified atom stereocenters. The number of anilines is 1. The summed E-state index contributed by atoms with van der Waals surface area (Å²) >= 11 is 9.11. The van der Waals surface area contributed by atoms with Crippen molar-refractivity contribution in [2.24, 2.45) is 0 Å². The molecular weight excluding hydrogens is 282 g/mol. The Labute approximate surface area is 99.4 Å². The Hall–Kier alpha value is -0.870. The zero-order chi connectivity index (χ0) is 11.2. The van der Waals surface area contributed by atoms with Crippen LogP contribution in [0.2, 0.25) is 5.02 Å². The van der Waals surface area contributed by atoms with Crippen molar-refractivity contribution in [1.82, 2.24) is 4.98 Å². The van der Waals surface area contributed by atoms with Crippen molar-refractivity contribution in [3.8, 4) is 0 Å². The summed E-state index contributed by atoms with van der Waals surface area (Å²) in [6.45, 7) is 1.81.